The molecule has 0 N–H and O–H groups in total. The molecule has 1 fully saturated rings. The number of hydrogen-bond donors (Lipinski definition) is 0. The molecule has 1 saturated heterocycles. The zero-order valence-electron chi connectivity index (χ0n) is 15.0. The number of nitrogens with zero attached hydrogens (tertiary/aromatic N) is 3. The fourth-order valence-electron chi connectivity index (χ4n) is 3.15. The molecule has 1 aromatic carbocycles. The molecule has 2 heterocycles. The third-order valence-electron chi connectivity index (χ3n) is 4.39. The molecular weight excluding hydrogens is 334 g/mol. The summed E-state index contributed by atoms with van der Waals surface area (Å²) in [4.78, 5) is 21.2. The molecule has 3 rings (SSSR count). The average Bonchev–Trinajstić information content (AvgIpc) is 2.94. The van der Waals surface area contributed by atoms with Crippen LogP contribution in [0.15, 0.2) is 36.4 Å². The highest BCUT2D eigenvalue weighted by molar-refractivity contribution is 7.85. The van der Waals surface area contributed by atoms with Gasteiger partial charge >= 0.3 is 0 Å². The topological polar surface area (TPSA) is 53.5 Å². The van der Waals surface area contributed by atoms with E-state index in [2.05, 4.69) is 4.98 Å². The molecular formula is C19H23N3O2S. The van der Waals surface area contributed by atoms with E-state index in [1.807, 2.05) is 62.1 Å². The van der Waals surface area contributed by atoms with Gasteiger partial charge in [-0.25, -0.2) is 4.98 Å². The fourth-order valence-corrected chi connectivity index (χ4v) is 4.55. The lowest BCUT2D eigenvalue weighted by molar-refractivity contribution is -0.119. The van der Waals surface area contributed by atoms with Gasteiger partial charge in [0.25, 0.3) is 0 Å². The molecule has 2 aromatic rings. The monoisotopic (exact) mass is 357 g/mol. The summed E-state index contributed by atoms with van der Waals surface area (Å²) < 4.78 is 12.2. The van der Waals surface area contributed by atoms with Gasteiger partial charge in [0.15, 0.2) is 0 Å². The standard InChI is InChI=1S/C19H23N3O2S/c1-13-6-5-7-16(9-13)21(4)19(23)17-11-25(24)12-22(17)18-10-14(2)8-15(3)20-18/h5-10,17H,11-12H2,1-4H3/t17-,25?/m0/s1. The van der Waals surface area contributed by atoms with E-state index in [1.165, 1.54) is 0 Å². The summed E-state index contributed by atoms with van der Waals surface area (Å²) in [6, 6.07) is 11.3. The van der Waals surface area contributed by atoms with Crippen LogP contribution in [0.1, 0.15) is 16.8 Å². The minimum absolute atomic E-state index is 0.0580. The summed E-state index contributed by atoms with van der Waals surface area (Å²) >= 11 is 0. The molecule has 132 valence electrons. The second kappa shape index (κ2) is 6.96. The summed E-state index contributed by atoms with van der Waals surface area (Å²) in [5.74, 6) is 1.34. The molecule has 1 aliphatic rings. The molecule has 1 aliphatic heterocycles. The highest BCUT2D eigenvalue weighted by atomic mass is 32.2. The van der Waals surface area contributed by atoms with Crippen molar-refractivity contribution in [1.82, 2.24) is 4.98 Å². The Kier molecular flexibility index (Phi) is 4.90. The van der Waals surface area contributed by atoms with Crippen LogP contribution >= 0.6 is 0 Å². The van der Waals surface area contributed by atoms with Gasteiger partial charge in [0.05, 0.1) is 11.6 Å². The molecule has 1 amide bonds. The third-order valence-corrected chi connectivity index (χ3v) is 5.64. The van der Waals surface area contributed by atoms with Crippen molar-refractivity contribution in [3.63, 3.8) is 0 Å². The maximum absolute atomic E-state index is 13.1. The predicted octanol–water partition coefficient (Wildman–Crippen LogP) is 2.56. The molecule has 1 aromatic heterocycles. The van der Waals surface area contributed by atoms with Crippen LogP contribution in [0.4, 0.5) is 11.5 Å². The van der Waals surface area contributed by atoms with Crippen LogP contribution in [0.25, 0.3) is 0 Å². The van der Waals surface area contributed by atoms with Gasteiger partial charge in [-0.05, 0) is 56.2 Å². The molecule has 0 bridgehead atoms. The van der Waals surface area contributed by atoms with Gasteiger partial charge in [-0.15, -0.1) is 0 Å². The Hall–Kier alpha value is -2.21. The Morgan fingerprint density at radius 1 is 1.20 bits per heavy atom. The van der Waals surface area contributed by atoms with Crippen molar-refractivity contribution in [3.8, 4) is 0 Å². The first-order valence-electron chi connectivity index (χ1n) is 8.26. The first-order valence-corrected chi connectivity index (χ1v) is 9.75. The number of carbonyl (C=O) groups excluding carboxylic acids is 1. The number of rotatable bonds is 3. The number of carbonyl (C=O) groups is 1. The Labute approximate surface area is 151 Å². The second-order valence-electron chi connectivity index (χ2n) is 6.60. The zero-order chi connectivity index (χ0) is 18.1. The van der Waals surface area contributed by atoms with Crippen LogP contribution in [0.5, 0.6) is 0 Å². The number of pyridine rings is 1. The Morgan fingerprint density at radius 3 is 2.64 bits per heavy atom. The molecule has 5 nitrogen and oxygen atoms in total. The van der Waals surface area contributed by atoms with E-state index < -0.39 is 16.8 Å². The fraction of sp³-hybridized carbons (Fsp3) is 0.368. The SMILES string of the molecule is Cc1cccc(N(C)C(=O)[C@@H]2CS(=O)CN2c2cc(C)cc(C)n2)c1. The van der Waals surface area contributed by atoms with Crippen molar-refractivity contribution in [3.05, 3.63) is 53.2 Å². The molecule has 6 heteroatoms. The Balaban J connectivity index is 1.90. The summed E-state index contributed by atoms with van der Waals surface area (Å²) in [5.41, 5.74) is 3.92. The lowest BCUT2D eigenvalue weighted by atomic mass is 10.2. The second-order valence-corrected chi connectivity index (χ2v) is 8.07. The molecule has 0 spiro atoms. The highest BCUT2D eigenvalue weighted by Gasteiger charge is 2.38. The van der Waals surface area contributed by atoms with Crippen LogP contribution in [-0.4, -0.2) is 39.8 Å². The van der Waals surface area contributed by atoms with Crippen molar-refractivity contribution in [2.24, 2.45) is 0 Å². The first kappa shape index (κ1) is 17.6. The normalized spacial score (nSPS) is 19.9. The van der Waals surface area contributed by atoms with Crippen molar-refractivity contribution in [2.75, 3.05) is 28.5 Å². The summed E-state index contributed by atoms with van der Waals surface area (Å²) in [7, 11) is 0.713. The van der Waals surface area contributed by atoms with Gasteiger partial charge in [-0.1, -0.05) is 12.1 Å². The lowest BCUT2D eigenvalue weighted by Crippen LogP contribution is -2.46. The average molecular weight is 357 g/mol. The van der Waals surface area contributed by atoms with Gasteiger partial charge < -0.3 is 9.80 Å². The van der Waals surface area contributed by atoms with E-state index in [9.17, 15) is 9.00 Å². The van der Waals surface area contributed by atoms with Crippen molar-refractivity contribution >= 4 is 28.2 Å². The van der Waals surface area contributed by atoms with E-state index in [4.69, 9.17) is 0 Å². The predicted molar refractivity (Wildman–Crippen MR) is 102 cm³/mol. The quantitative estimate of drug-likeness (QED) is 0.847. The van der Waals surface area contributed by atoms with Crippen LogP contribution in [0.2, 0.25) is 0 Å². The molecule has 0 radical (unpaired) electrons. The van der Waals surface area contributed by atoms with E-state index in [0.717, 1.165) is 28.3 Å². The summed E-state index contributed by atoms with van der Waals surface area (Å²) in [6.07, 6.45) is 0. The largest absolute Gasteiger partial charge is 0.332 e. The summed E-state index contributed by atoms with van der Waals surface area (Å²) in [5, 5.41) is 0. The highest BCUT2D eigenvalue weighted by Crippen LogP contribution is 2.25. The molecule has 25 heavy (non-hydrogen) atoms. The summed E-state index contributed by atoms with van der Waals surface area (Å²) in [6.45, 7) is 5.93. The first-order chi connectivity index (χ1) is 11.8. The van der Waals surface area contributed by atoms with Crippen LogP contribution in [-0.2, 0) is 15.6 Å². The van der Waals surface area contributed by atoms with Crippen LogP contribution < -0.4 is 9.80 Å². The van der Waals surface area contributed by atoms with E-state index in [-0.39, 0.29) is 5.91 Å². The number of benzene rings is 1. The Morgan fingerprint density at radius 2 is 1.96 bits per heavy atom. The third kappa shape index (κ3) is 3.74. The Bertz CT molecular complexity index is 817. The van der Waals surface area contributed by atoms with E-state index in [0.29, 0.717) is 11.6 Å². The minimum Gasteiger partial charge on any atom is -0.332 e. The number of hydrogen-bond acceptors (Lipinski definition) is 4. The van der Waals surface area contributed by atoms with Crippen LogP contribution in [0, 0.1) is 20.8 Å². The van der Waals surface area contributed by atoms with Gasteiger partial charge in [0.2, 0.25) is 5.91 Å². The number of anilines is 2. The molecule has 1 unspecified atom stereocenters. The van der Waals surface area contributed by atoms with Gasteiger partial charge in [0.1, 0.15) is 11.9 Å². The minimum atomic E-state index is -1.06. The van der Waals surface area contributed by atoms with E-state index in [1.54, 1.807) is 11.9 Å². The molecule has 0 aliphatic carbocycles. The van der Waals surface area contributed by atoms with Gasteiger partial charge in [-0.3, -0.25) is 9.00 Å². The van der Waals surface area contributed by atoms with Crippen molar-refractivity contribution < 1.29 is 9.00 Å². The van der Waals surface area contributed by atoms with E-state index >= 15 is 0 Å². The number of aryl methyl sites for hydroxylation is 3. The maximum Gasteiger partial charge on any atom is 0.250 e. The number of likely N-dealkylation sites (N-methyl/N-ethyl adjacent to an activating group) is 1. The number of aromatic nitrogens is 1. The van der Waals surface area contributed by atoms with Crippen molar-refractivity contribution in [2.45, 2.75) is 26.8 Å². The smallest absolute Gasteiger partial charge is 0.250 e. The maximum atomic E-state index is 13.1. The van der Waals surface area contributed by atoms with Gasteiger partial charge in [0, 0.05) is 29.2 Å². The number of amides is 1. The lowest BCUT2D eigenvalue weighted by Gasteiger charge is -2.28. The van der Waals surface area contributed by atoms with Crippen molar-refractivity contribution in [1.29, 1.82) is 0 Å². The molecule has 2 atom stereocenters. The zero-order valence-corrected chi connectivity index (χ0v) is 15.8. The molecule has 0 saturated carbocycles. The van der Waals surface area contributed by atoms with Gasteiger partial charge in [-0.2, -0.15) is 0 Å². The van der Waals surface area contributed by atoms with Crippen LogP contribution in [0.3, 0.4) is 0 Å².